The van der Waals surface area contributed by atoms with Crippen LogP contribution >= 0.6 is 0 Å². The van der Waals surface area contributed by atoms with Gasteiger partial charge < -0.3 is 9.84 Å². The van der Waals surface area contributed by atoms with Gasteiger partial charge in [-0.1, -0.05) is 19.9 Å². The number of rotatable bonds is 5. The molecular formula is C13H24O3. The lowest BCUT2D eigenvalue weighted by molar-refractivity contribution is -0.148. The number of esters is 1. The van der Waals surface area contributed by atoms with Gasteiger partial charge in [0, 0.05) is 12.7 Å². The molecule has 0 aromatic heterocycles. The number of aliphatic hydroxyl groups is 1. The number of ether oxygens (including phenoxy) is 1. The minimum absolute atomic E-state index is 0.0837. The van der Waals surface area contributed by atoms with Crippen LogP contribution < -0.4 is 0 Å². The second-order valence-corrected chi connectivity index (χ2v) is 5.68. The number of hydrogen-bond acceptors (Lipinski definition) is 3. The van der Waals surface area contributed by atoms with Crippen LogP contribution in [0.5, 0.6) is 0 Å². The van der Waals surface area contributed by atoms with E-state index < -0.39 is 5.60 Å². The van der Waals surface area contributed by atoms with E-state index in [1.807, 2.05) is 40.7 Å². The molecule has 94 valence electrons. The molecule has 0 aliphatic heterocycles. The van der Waals surface area contributed by atoms with E-state index >= 15 is 0 Å². The molecule has 0 aromatic rings. The third-order valence-corrected chi connectivity index (χ3v) is 2.06. The molecule has 0 saturated carbocycles. The first-order valence-electron chi connectivity index (χ1n) is 5.69. The second-order valence-electron chi connectivity index (χ2n) is 5.68. The summed E-state index contributed by atoms with van der Waals surface area (Å²) in [4.78, 5) is 11.4. The average Bonchev–Trinajstić information content (AvgIpc) is 2.09. The quantitative estimate of drug-likeness (QED) is 0.581. The molecule has 0 aliphatic rings. The first kappa shape index (κ1) is 15.2. The van der Waals surface area contributed by atoms with Crippen molar-refractivity contribution in [3.8, 4) is 0 Å². The first-order valence-corrected chi connectivity index (χ1v) is 5.69. The van der Waals surface area contributed by atoms with Gasteiger partial charge in [0.05, 0.1) is 0 Å². The van der Waals surface area contributed by atoms with E-state index in [4.69, 9.17) is 9.84 Å². The van der Waals surface area contributed by atoms with E-state index in [2.05, 4.69) is 0 Å². The number of carbonyl (C=O) groups excluding carboxylic acids is 1. The molecule has 0 unspecified atom stereocenters. The highest BCUT2D eigenvalue weighted by Crippen LogP contribution is 2.23. The van der Waals surface area contributed by atoms with Crippen LogP contribution in [0.3, 0.4) is 0 Å². The van der Waals surface area contributed by atoms with Crippen molar-refractivity contribution >= 4 is 5.97 Å². The predicted molar refractivity (Wildman–Crippen MR) is 65.1 cm³/mol. The maximum atomic E-state index is 11.4. The molecule has 1 N–H and O–H groups in total. The van der Waals surface area contributed by atoms with Crippen molar-refractivity contribution in [3.05, 3.63) is 12.2 Å². The van der Waals surface area contributed by atoms with Crippen molar-refractivity contribution in [2.45, 2.75) is 53.1 Å². The van der Waals surface area contributed by atoms with Crippen LogP contribution in [0.1, 0.15) is 47.5 Å². The molecule has 0 radical (unpaired) electrons. The molecule has 0 heterocycles. The molecule has 0 spiro atoms. The fraction of sp³-hybridized carbons (Fsp3) is 0.769. The van der Waals surface area contributed by atoms with E-state index in [1.165, 1.54) is 6.08 Å². The molecule has 0 bridgehead atoms. The Kier molecular flexibility index (Phi) is 5.73. The average molecular weight is 228 g/mol. The highest BCUT2D eigenvalue weighted by atomic mass is 16.6. The monoisotopic (exact) mass is 228 g/mol. The molecule has 0 atom stereocenters. The zero-order valence-corrected chi connectivity index (χ0v) is 11.0. The van der Waals surface area contributed by atoms with Gasteiger partial charge in [-0.2, -0.15) is 0 Å². The summed E-state index contributed by atoms with van der Waals surface area (Å²) >= 11 is 0. The molecule has 16 heavy (non-hydrogen) atoms. The number of allylic oxidation sites excluding steroid dienone is 1. The number of aliphatic hydroxyl groups excluding tert-OH is 1. The van der Waals surface area contributed by atoms with Gasteiger partial charge in [-0.25, -0.2) is 4.79 Å². The predicted octanol–water partition coefficient (Wildman–Crippen LogP) is 2.68. The minimum atomic E-state index is -0.448. The van der Waals surface area contributed by atoms with Crippen LogP contribution in [-0.2, 0) is 9.53 Å². The van der Waals surface area contributed by atoms with E-state index in [1.54, 1.807) is 0 Å². The maximum Gasteiger partial charge on any atom is 0.330 e. The lowest BCUT2D eigenvalue weighted by atomic mass is 9.87. The zero-order chi connectivity index (χ0) is 12.8. The summed E-state index contributed by atoms with van der Waals surface area (Å²) in [5, 5.41) is 8.74. The summed E-state index contributed by atoms with van der Waals surface area (Å²) < 4.78 is 5.16. The van der Waals surface area contributed by atoms with E-state index in [0.29, 0.717) is 0 Å². The SMILES string of the molecule is CC(C)(/C=C/C(=O)OC(C)(C)C)CCCO. The van der Waals surface area contributed by atoms with E-state index in [9.17, 15) is 4.79 Å². The summed E-state index contributed by atoms with van der Waals surface area (Å²) in [5.41, 5.74) is -0.531. The molecule has 3 nitrogen and oxygen atoms in total. The standard InChI is InChI=1S/C13H24O3/c1-12(2,3)16-11(15)7-9-13(4,5)8-6-10-14/h7,9,14H,6,8,10H2,1-5H3/b9-7+. The second kappa shape index (κ2) is 6.04. The van der Waals surface area contributed by atoms with Crippen LogP contribution in [0, 0.1) is 5.41 Å². The van der Waals surface area contributed by atoms with Crippen molar-refractivity contribution < 1.29 is 14.6 Å². The van der Waals surface area contributed by atoms with Gasteiger partial charge in [0.25, 0.3) is 0 Å². The van der Waals surface area contributed by atoms with Crippen molar-refractivity contribution in [2.75, 3.05) is 6.61 Å². The summed E-state index contributed by atoms with van der Waals surface area (Å²) in [6.07, 6.45) is 4.91. The van der Waals surface area contributed by atoms with Crippen LogP contribution in [0.2, 0.25) is 0 Å². The van der Waals surface area contributed by atoms with E-state index in [0.717, 1.165) is 12.8 Å². The third-order valence-electron chi connectivity index (χ3n) is 2.06. The Bertz CT molecular complexity index is 246. The smallest absolute Gasteiger partial charge is 0.330 e. The number of hydrogen-bond donors (Lipinski definition) is 1. The van der Waals surface area contributed by atoms with Crippen LogP contribution in [-0.4, -0.2) is 23.3 Å². The highest BCUT2D eigenvalue weighted by molar-refractivity contribution is 5.82. The Labute approximate surface area is 98.5 Å². The van der Waals surface area contributed by atoms with Gasteiger partial charge in [0.1, 0.15) is 5.60 Å². The number of carbonyl (C=O) groups is 1. The van der Waals surface area contributed by atoms with Gasteiger partial charge in [0.2, 0.25) is 0 Å². The molecular weight excluding hydrogens is 204 g/mol. The van der Waals surface area contributed by atoms with Crippen molar-refractivity contribution in [3.63, 3.8) is 0 Å². The Morgan fingerprint density at radius 2 is 1.81 bits per heavy atom. The van der Waals surface area contributed by atoms with Crippen LogP contribution in [0.4, 0.5) is 0 Å². The summed E-state index contributed by atoms with van der Waals surface area (Å²) in [6, 6.07) is 0. The van der Waals surface area contributed by atoms with Crippen molar-refractivity contribution in [1.82, 2.24) is 0 Å². The lowest BCUT2D eigenvalue weighted by Crippen LogP contribution is -2.23. The lowest BCUT2D eigenvalue weighted by Gasteiger charge is -2.21. The van der Waals surface area contributed by atoms with Crippen LogP contribution in [0.25, 0.3) is 0 Å². The molecule has 0 saturated heterocycles. The Morgan fingerprint density at radius 1 is 1.25 bits per heavy atom. The Balaban J connectivity index is 4.20. The van der Waals surface area contributed by atoms with Crippen LogP contribution in [0.15, 0.2) is 12.2 Å². The molecule has 0 rings (SSSR count). The van der Waals surface area contributed by atoms with Crippen molar-refractivity contribution in [2.24, 2.45) is 5.41 Å². The fourth-order valence-electron chi connectivity index (χ4n) is 1.25. The molecule has 0 aromatic carbocycles. The van der Waals surface area contributed by atoms with Gasteiger partial charge in [-0.15, -0.1) is 0 Å². The van der Waals surface area contributed by atoms with Gasteiger partial charge in [-0.05, 0) is 39.0 Å². The molecule has 0 amide bonds. The fourth-order valence-corrected chi connectivity index (χ4v) is 1.25. The summed E-state index contributed by atoms with van der Waals surface area (Å²) in [5.74, 6) is -0.315. The highest BCUT2D eigenvalue weighted by Gasteiger charge is 2.17. The summed E-state index contributed by atoms with van der Waals surface area (Å²) in [6.45, 7) is 9.78. The normalized spacial score (nSPS) is 13.1. The first-order chi connectivity index (χ1) is 7.16. The molecule has 3 heteroatoms. The third kappa shape index (κ3) is 8.48. The topological polar surface area (TPSA) is 46.5 Å². The largest absolute Gasteiger partial charge is 0.457 e. The Morgan fingerprint density at radius 3 is 2.25 bits per heavy atom. The van der Waals surface area contributed by atoms with Gasteiger partial charge in [-0.3, -0.25) is 0 Å². The van der Waals surface area contributed by atoms with Crippen molar-refractivity contribution in [1.29, 1.82) is 0 Å². The maximum absolute atomic E-state index is 11.4. The van der Waals surface area contributed by atoms with Gasteiger partial charge >= 0.3 is 5.97 Å². The zero-order valence-electron chi connectivity index (χ0n) is 11.0. The Hall–Kier alpha value is -0.830. The minimum Gasteiger partial charge on any atom is -0.457 e. The molecule has 0 fully saturated rings. The molecule has 0 aliphatic carbocycles. The van der Waals surface area contributed by atoms with Gasteiger partial charge in [0.15, 0.2) is 0 Å². The summed E-state index contributed by atoms with van der Waals surface area (Å²) in [7, 11) is 0. The van der Waals surface area contributed by atoms with E-state index in [-0.39, 0.29) is 18.0 Å².